The summed E-state index contributed by atoms with van der Waals surface area (Å²) in [7, 11) is 0. The van der Waals surface area contributed by atoms with Gasteiger partial charge in [-0.15, -0.1) is 0 Å². The number of halogens is 1. The second-order valence-corrected chi connectivity index (χ2v) is 2.55. The van der Waals surface area contributed by atoms with E-state index in [9.17, 15) is 4.39 Å². The first-order valence-electron chi connectivity index (χ1n) is 4.36. The van der Waals surface area contributed by atoms with Crippen LogP contribution in [-0.2, 0) is 0 Å². The molecule has 1 heterocycles. The maximum absolute atomic E-state index is 12.7. The summed E-state index contributed by atoms with van der Waals surface area (Å²) < 4.78 is 12.7. The van der Waals surface area contributed by atoms with Crippen LogP contribution in [0, 0.1) is 12.7 Å². The predicted molar refractivity (Wildman–Crippen MR) is 52.1 cm³/mol. The van der Waals surface area contributed by atoms with Crippen molar-refractivity contribution in [2.75, 3.05) is 0 Å². The smallest absolute Gasteiger partial charge is 0.125 e. The molecule has 70 valence electrons. The van der Waals surface area contributed by atoms with Crippen LogP contribution in [0.1, 0.15) is 19.4 Å². The molecule has 1 aromatic carbocycles. The van der Waals surface area contributed by atoms with E-state index in [0.717, 1.165) is 16.5 Å². The number of benzene rings is 1. The van der Waals surface area contributed by atoms with Gasteiger partial charge in [0.15, 0.2) is 0 Å². The first kappa shape index (κ1) is 9.71. The molecule has 0 saturated heterocycles. The van der Waals surface area contributed by atoms with Gasteiger partial charge < -0.3 is 0 Å². The normalized spacial score (nSPS) is 9.54. The lowest BCUT2D eigenvalue weighted by Gasteiger charge is -1.93. The molecule has 0 aliphatic rings. The van der Waals surface area contributed by atoms with Gasteiger partial charge in [0, 0.05) is 5.39 Å². The van der Waals surface area contributed by atoms with E-state index in [0.29, 0.717) is 0 Å². The van der Waals surface area contributed by atoms with E-state index in [2.05, 4.69) is 10.2 Å². The summed E-state index contributed by atoms with van der Waals surface area (Å²) in [4.78, 5) is 0. The Bertz CT molecular complexity index is 393. The van der Waals surface area contributed by atoms with Crippen LogP contribution >= 0.6 is 0 Å². The van der Waals surface area contributed by atoms with Crippen LogP contribution in [0.3, 0.4) is 0 Å². The maximum atomic E-state index is 12.7. The summed E-state index contributed by atoms with van der Waals surface area (Å²) in [6.45, 7) is 5.86. The first-order chi connectivity index (χ1) is 6.27. The highest BCUT2D eigenvalue weighted by molar-refractivity contribution is 5.81. The third kappa shape index (κ3) is 1.86. The summed E-state index contributed by atoms with van der Waals surface area (Å²) in [5.41, 5.74) is 1.66. The molecule has 2 nitrogen and oxygen atoms in total. The van der Waals surface area contributed by atoms with E-state index in [1.54, 1.807) is 6.20 Å². The predicted octanol–water partition coefficient (Wildman–Crippen LogP) is 3.04. The van der Waals surface area contributed by atoms with Crippen molar-refractivity contribution < 1.29 is 4.39 Å². The lowest BCUT2D eigenvalue weighted by atomic mass is 10.1. The van der Waals surface area contributed by atoms with E-state index in [1.165, 1.54) is 12.1 Å². The highest BCUT2D eigenvalue weighted by atomic mass is 19.1. The van der Waals surface area contributed by atoms with Crippen LogP contribution in [0.15, 0.2) is 18.3 Å². The van der Waals surface area contributed by atoms with Crippen LogP contribution in [0.4, 0.5) is 4.39 Å². The zero-order chi connectivity index (χ0) is 9.84. The molecule has 0 bridgehead atoms. The number of aryl methyl sites for hydroxylation is 1. The van der Waals surface area contributed by atoms with Gasteiger partial charge in [-0.2, -0.15) is 5.10 Å². The highest BCUT2D eigenvalue weighted by Crippen LogP contribution is 2.16. The standard InChI is InChI=1S/C8H7FN2.C2H6/c1-5-2-6(9)3-8-7(5)4-10-11-8;1-2/h2-4H,1H3,(H,10,11);1-2H3. The van der Waals surface area contributed by atoms with Gasteiger partial charge in [0.1, 0.15) is 5.82 Å². The second kappa shape index (κ2) is 4.03. The van der Waals surface area contributed by atoms with Gasteiger partial charge in [0.25, 0.3) is 0 Å². The Morgan fingerprint density at radius 2 is 2.00 bits per heavy atom. The van der Waals surface area contributed by atoms with Crippen molar-refractivity contribution in [3.63, 3.8) is 0 Å². The maximum Gasteiger partial charge on any atom is 0.125 e. The molecule has 0 amide bonds. The average Bonchev–Trinajstić information content (AvgIpc) is 2.55. The molecule has 2 rings (SSSR count). The van der Waals surface area contributed by atoms with Crippen molar-refractivity contribution >= 4 is 10.9 Å². The van der Waals surface area contributed by atoms with E-state index < -0.39 is 0 Å². The molecule has 0 unspecified atom stereocenters. The lowest BCUT2D eigenvalue weighted by Crippen LogP contribution is -1.78. The first-order valence-corrected chi connectivity index (χ1v) is 4.36. The summed E-state index contributed by atoms with van der Waals surface area (Å²) in [6.07, 6.45) is 1.70. The Kier molecular flexibility index (Phi) is 3.01. The van der Waals surface area contributed by atoms with E-state index in [-0.39, 0.29) is 5.82 Å². The molecule has 0 atom stereocenters. The molecule has 1 N–H and O–H groups in total. The minimum atomic E-state index is -0.223. The molecular weight excluding hydrogens is 167 g/mol. The van der Waals surface area contributed by atoms with Gasteiger partial charge in [0.2, 0.25) is 0 Å². The molecule has 3 heteroatoms. The number of nitrogens with zero attached hydrogens (tertiary/aromatic N) is 1. The van der Waals surface area contributed by atoms with Gasteiger partial charge in [-0.25, -0.2) is 4.39 Å². The largest absolute Gasteiger partial charge is 0.278 e. The molecule has 0 aliphatic heterocycles. The fraction of sp³-hybridized carbons (Fsp3) is 0.300. The van der Waals surface area contributed by atoms with Crippen LogP contribution in [0.5, 0.6) is 0 Å². The fourth-order valence-electron chi connectivity index (χ4n) is 1.18. The highest BCUT2D eigenvalue weighted by Gasteiger charge is 2.00. The van der Waals surface area contributed by atoms with Gasteiger partial charge in [-0.1, -0.05) is 13.8 Å². The minimum absolute atomic E-state index is 0.223. The van der Waals surface area contributed by atoms with E-state index in [4.69, 9.17) is 0 Å². The summed E-state index contributed by atoms with van der Waals surface area (Å²) in [5, 5.41) is 7.50. The monoisotopic (exact) mass is 180 g/mol. The molecule has 2 aromatic rings. The molecule has 0 aliphatic carbocycles. The van der Waals surface area contributed by atoms with Gasteiger partial charge in [0.05, 0.1) is 11.7 Å². The van der Waals surface area contributed by atoms with Crippen molar-refractivity contribution in [3.8, 4) is 0 Å². The van der Waals surface area contributed by atoms with E-state index >= 15 is 0 Å². The number of hydrogen-bond acceptors (Lipinski definition) is 1. The molecule has 0 radical (unpaired) electrons. The molecule has 0 saturated carbocycles. The van der Waals surface area contributed by atoms with Crippen LogP contribution in [0.2, 0.25) is 0 Å². The Balaban J connectivity index is 0.000000396. The third-order valence-corrected chi connectivity index (χ3v) is 1.73. The van der Waals surface area contributed by atoms with Gasteiger partial charge in [-0.3, -0.25) is 5.10 Å². The number of hydrogen-bond donors (Lipinski definition) is 1. The van der Waals surface area contributed by atoms with Crippen LogP contribution in [0.25, 0.3) is 10.9 Å². The Morgan fingerprint density at radius 1 is 1.31 bits per heavy atom. The number of aromatic amines is 1. The third-order valence-electron chi connectivity index (χ3n) is 1.73. The Labute approximate surface area is 76.8 Å². The quantitative estimate of drug-likeness (QED) is 0.663. The van der Waals surface area contributed by atoms with E-state index in [1.807, 2.05) is 20.8 Å². The van der Waals surface area contributed by atoms with Crippen LogP contribution in [-0.4, -0.2) is 10.2 Å². The molecule has 0 fully saturated rings. The number of aromatic nitrogens is 2. The Hall–Kier alpha value is -1.38. The molecule has 13 heavy (non-hydrogen) atoms. The van der Waals surface area contributed by atoms with Gasteiger partial charge in [-0.05, 0) is 24.6 Å². The molecule has 1 aromatic heterocycles. The molecule has 0 spiro atoms. The topological polar surface area (TPSA) is 28.7 Å². The lowest BCUT2D eigenvalue weighted by molar-refractivity contribution is 0.628. The molecular formula is C10H13FN2. The Morgan fingerprint density at radius 3 is 2.69 bits per heavy atom. The van der Waals surface area contributed by atoms with Crippen molar-refractivity contribution in [1.29, 1.82) is 0 Å². The zero-order valence-electron chi connectivity index (χ0n) is 8.06. The number of H-pyrrole nitrogens is 1. The number of nitrogens with one attached hydrogen (secondary N) is 1. The minimum Gasteiger partial charge on any atom is -0.278 e. The van der Waals surface area contributed by atoms with Crippen molar-refractivity contribution in [2.45, 2.75) is 20.8 Å². The number of fused-ring (bicyclic) bond motifs is 1. The summed E-state index contributed by atoms with van der Waals surface area (Å²) >= 11 is 0. The van der Waals surface area contributed by atoms with Crippen LogP contribution < -0.4 is 0 Å². The summed E-state index contributed by atoms with van der Waals surface area (Å²) in [5.74, 6) is -0.223. The van der Waals surface area contributed by atoms with Crippen molar-refractivity contribution in [2.24, 2.45) is 0 Å². The second-order valence-electron chi connectivity index (χ2n) is 2.55. The SMILES string of the molecule is CC.Cc1cc(F)cc2[nH]ncc12. The van der Waals surface area contributed by atoms with Crippen molar-refractivity contribution in [1.82, 2.24) is 10.2 Å². The zero-order valence-corrected chi connectivity index (χ0v) is 8.06. The number of rotatable bonds is 0. The fourth-order valence-corrected chi connectivity index (χ4v) is 1.18. The summed E-state index contributed by atoms with van der Waals surface area (Å²) in [6, 6.07) is 2.94. The average molecular weight is 180 g/mol. The van der Waals surface area contributed by atoms with Crippen molar-refractivity contribution in [3.05, 3.63) is 29.7 Å². The van der Waals surface area contributed by atoms with Gasteiger partial charge >= 0.3 is 0 Å².